The van der Waals surface area contributed by atoms with Crippen LogP contribution in [0.1, 0.15) is 52.9 Å². The summed E-state index contributed by atoms with van der Waals surface area (Å²) in [5, 5.41) is 0. The van der Waals surface area contributed by atoms with Gasteiger partial charge < -0.3 is 10.5 Å². The highest BCUT2D eigenvalue weighted by Crippen LogP contribution is 2.34. The van der Waals surface area contributed by atoms with Gasteiger partial charge in [0.2, 0.25) is 0 Å². The van der Waals surface area contributed by atoms with E-state index in [4.69, 9.17) is 10.5 Å². The predicted molar refractivity (Wildman–Crippen MR) is 77.8 cm³/mol. The summed E-state index contributed by atoms with van der Waals surface area (Å²) in [4.78, 5) is 2.57. The van der Waals surface area contributed by atoms with E-state index in [1.54, 1.807) is 0 Å². The molecular weight excluding hydrogens is 224 g/mol. The molecule has 108 valence electrons. The summed E-state index contributed by atoms with van der Waals surface area (Å²) >= 11 is 0. The van der Waals surface area contributed by atoms with E-state index in [9.17, 15) is 0 Å². The molecule has 0 saturated heterocycles. The minimum atomic E-state index is 0.233. The van der Waals surface area contributed by atoms with Crippen LogP contribution in [0, 0.1) is 5.92 Å². The third kappa shape index (κ3) is 4.22. The minimum Gasteiger partial charge on any atom is -0.380 e. The van der Waals surface area contributed by atoms with E-state index in [0.717, 1.165) is 38.8 Å². The molecule has 2 atom stereocenters. The summed E-state index contributed by atoms with van der Waals surface area (Å²) in [6.07, 6.45) is 6.52. The fourth-order valence-corrected chi connectivity index (χ4v) is 3.26. The van der Waals surface area contributed by atoms with Crippen LogP contribution < -0.4 is 5.73 Å². The van der Waals surface area contributed by atoms with Crippen molar-refractivity contribution in [1.82, 2.24) is 4.90 Å². The van der Waals surface area contributed by atoms with Crippen molar-refractivity contribution in [3.05, 3.63) is 0 Å². The van der Waals surface area contributed by atoms with Crippen LogP contribution in [-0.4, -0.2) is 43.3 Å². The average molecular weight is 256 g/mol. The van der Waals surface area contributed by atoms with Gasteiger partial charge >= 0.3 is 0 Å². The number of likely N-dealkylation sites (N-methyl/N-ethyl adjacent to an activating group) is 1. The molecule has 0 radical (unpaired) electrons. The Morgan fingerprint density at radius 1 is 1.28 bits per heavy atom. The molecule has 2 unspecified atom stereocenters. The summed E-state index contributed by atoms with van der Waals surface area (Å²) in [6.45, 7) is 11.2. The van der Waals surface area contributed by atoms with Gasteiger partial charge in [-0.2, -0.15) is 0 Å². The smallest absolute Gasteiger partial charge is 0.0593 e. The van der Waals surface area contributed by atoms with Crippen LogP contribution in [0.25, 0.3) is 0 Å². The number of ether oxygens (including phenoxy) is 1. The number of hydrogen-bond acceptors (Lipinski definition) is 3. The van der Waals surface area contributed by atoms with Crippen LogP contribution in [0.5, 0.6) is 0 Å². The van der Waals surface area contributed by atoms with Crippen LogP contribution in [0.15, 0.2) is 0 Å². The molecule has 0 spiro atoms. The fraction of sp³-hybridized carbons (Fsp3) is 1.00. The van der Waals surface area contributed by atoms with Crippen LogP contribution in [0.2, 0.25) is 0 Å². The summed E-state index contributed by atoms with van der Waals surface area (Å²) < 4.78 is 5.52. The first-order valence-corrected chi connectivity index (χ1v) is 7.71. The molecule has 1 saturated carbocycles. The summed E-state index contributed by atoms with van der Waals surface area (Å²) in [5.74, 6) is 0.865. The first-order valence-electron chi connectivity index (χ1n) is 7.71. The molecule has 18 heavy (non-hydrogen) atoms. The Labute approximate surface area is 113 Å². The lowest BCUT2D eigenvalue weighted by Gasteiger charge is -2.43. The van der Waals surface area contributed by atoms with Gasteiger partial charge in [0.15, 0.2) is 0 Å². The molecule has 0 aromatic heterocycles. The molecule has 0 aliphatic heterocycles. The highest BCUT2D eigenvalue weighted by Gasteiger charge is 2.35. The normalized spacial score (nSPS) is 29.5. The van der Waals surface area contributed by atoms with E-state index in [0.29, 0.717) is 0 Å². The molecule has 1 aliphatic carbocycles. The largest absolute Gasteiger partial charge is 0.380 e. The van der Waals surface area contributed by atoms with Gasteiger partial charge in [-0.25, -0.2) is 0 Å². The van der Waals surface area contributed by atoms with E-state index >= 15 is 0 Å². The Bertz CT molecular complexity index is 223. The van der Waals surface area contributed by atoms with Crippen molar-refractivity contribution in [2.45, 2.75) is 58.4 Å². The van der Waals surface area contributed by atoms with E-state index < -0.39 is 0 Å². The standard InChI is InChI=1S/C15H32N2O/c1-4-17(11-12-18-5-2)15(13-16)9-6-7-14(3)8-10-15/h14H,4-13,16H2,1-3H3. The third-order valence-electron chi connectivity index (χ3n) is 4.58. The predicted octanol–water partition coefficient (Wildman–Crippen LogP) is 2.64. The van der Waals surface area contributed by atoms with Crippen molar-refractivity contribution >= 4 is 0 Å². The van der Waals surface area contributed by atoms with Gasteiger partial charge in [-0.05, 0) is 38.6 Å². The molecule has 1 fully saturated rings. The quantitative estimate of drug-likeness (QED) is 0.562. The average Bonchev–Trinajstić information content (AvgIpc) is 2.58. The van der Waals surface area contributed by atoms with E-state index in [1.807, 2.05) is 0 Å². The zero-order valence-electron chi connectivity index (χ0n) is 12.6. The van der Waals surface area contributed by atoms with Gasteiger partial charge in [0.1, 0.15) is 0 Å². The van der Waals surface area contributed by atoms with Gasteiger partial charge in [0.05, 0.1) is 6.61 Å². The first-order chi connectivity index (χ1) is 8.68. The molecule has 0 heterocycles. The van der Waals surface area contributed by atoms with E-state index in [1.165, 1.54) is 32.1 Å². The number of rotatable bonds is 7. The Morgan fingerprint density at radius 2 is 2.06 bits per heavy atom. The molecule has 2 N–H and O–H groups in total. The highest BCUT2D eigenvalue weighted by atomic mass is 16.5. The second-order valence-corrected chi connectivity index (χ2v) is 5.74. The highest BCUT2D eigenvalue weighted by molar-refractivity contribution is 4.93. The maximum Gasteiger partial charge on any atom is 0.0593 e. The molecule has 0 aromatic rings. The Kier molecular flexibility index (Phi) is 7.20. The lowest BCUT2D eigenvalue weighted by atomic mass is 9.87. The lowest BCUT2D eigenvalue weighted by Crippen LogP contribution is -2.54. The van der Waals surface area contributed by atoms with Crippen molar-refractivity contribution in [3.63, 3.8) is 0 Å². The fourth-order valence-electron chi connectivity index (χ4n) is 3.26. The molecule has 1 rings (SSSR count). The van der Waals surface area contributed by atoms with Crippen molar-refractivity contribution in [1.29, 1.82) is 0 Å². The lowest BCUT2D eigenvalue weighted by molar-refractivity contribution is 0.0421. The second-order valence-electron chi connectivity index (χ2n) is 5.74. The molecular formula is C15H32N2O. The summed E-state index contributed by atoms with van der Waals surface area (Å²) in [5.41, 5.74) is 6.38. The number of nitrogens with two attached hydrogens (primary N) is 1. The number of nitrogens with zero attached hydrogens (tertiary/aromatic N) is 1. The molecule has 0 bridgehead atoms. The van der Waals surface area contributed by atoms with Gasteiger partial charge in [0, 0.05) is 25.2 Å². The van der Waals surface area contributed by atoms with Crippen molar-refractivity contribution in [2.24, 2.45) is 11.7 Å². The van der Waals surface area contributed by atoms with Crippen LogP contribution in [-0.2, 0) is 4.74 Å². The topological polar surface area (TPSA) is 38.5 Å². The Balaban J connectivity index is 2.63. The van der Waals surface area contributed by atoms with Crippen LogP contribution in [0.4, 0.5) is 0 Å². The maximum atomic E-state index is 6.15. The summed E-state index contributed by atoms with van der Waals surface area (Å²) in [7, 11) is 0. The molecule has 3 heteroatoms. The molecule has 0 amide bonds. The van der Waals surface area contributed by atoms with Gasteiger partial charge in [-0.15, -0.1) is 0 Å². The maximum absolute atomic E-state index is 6.15. The van der Waals surface area contributed by atoms with Crippen molar-refractivity contribution < 1.29 is 4.74 Å². The third-order valence-corrected chi connectivity index (χ3v) is 4.58. The van der Waals surface area contributed by atoms with E-state index in [2.05, 4.69) is 25.7 Å². The zero-order chi connectivity index (χ0) is 13.4. The SMILES string of the molecule is CCOCCN(CC)C1(CN)CCCC(C)CC1. The van der Waals surface area contributed by atoms with Crippen molar-refractivity contribution in [2.75, 3.05) is 32.8 Å². The second kappa shape index (κ2) is 8.13. The van der Waals surface area contributed by atoms with Crippen LogP contribution >= 0.6 is 0 Å². The first kappa shape index (κ1) is 15.9. The van der Waals surface area contributed by atoms with Crippen LogP contribution in [0.3, 0.4) is 0 Å². The van der Waals surface area contributed by atoms with Gasteiger partial charge in [-0.1, -0.05) is 26.7 Å². The summed E-state index contributed by atoms with van der Waals surface area (Å²) in [6, 6.07) is 0. The Hall–Kier alpha value is -0.120. The van der Waals surface area contributed by atoms with E-state index in [-0.39, 0.29) is 5.54 Å². The zero-order valence-corrected chi connectivity index (χ0v) is 12.6. The monoisotopic (exact) mass is 256 g/mol. The molecule has 3 nitrogen and oxygen atoms in total. The van der Waals surface area contributed by atoms with Gasteiger partial charge in [-0.3, -0.25) is 4.90 Å². The van der Waals surface area contributed by atoms with Crippen molar-refractivity contribution in [3.8, 4) is 0 Å². The van der Waals surface area contributed by atoms with Gasteiger partial charge in [0.25, 0.3) is 0 Å². The molecule has 1 aliphatic rings. The number of hydrogen-bond donors (Lipinski definition) is 1. The molecule has 0 aromatic carbocycles. The Morgan fingerprint density at radius 3 is 2.67 bits per heavy atom. The minimum absolute atomic E-state index is 0.233.